The van der Waals surface area contributed by atoms with Gasteiger partial charge in [-0.15, -0.1) is 0 Å². The van der Waals surface area contributed by atoms with Crippen molar-refractivity contribution in [3.8, 4) is 17.0 Å². The van der Waals surface area contributed by atoms with Crippen LogP contribution in [-0.4, -0.2) is 22.8 Å². The molecule has 0 atom stereocenters. The number of benzene rings is 2. The third-order valence-corrected chi connectivity index (χ3v) is 3.65. The van der Waals surface area contributed by atoms with Crippen LogP contribution in [0.4, 0.5) is 13.2 Å². The fraction of sp³-hybridized carbons (Fsp3) is 0.125. The van der Waals surface area contributed by atoms with Crippen LogP contribution >= 0.6 is 11.6 Å². The number of rotatable bonds is 4. The summed E-state index contributed by atoms with van der Waals surface area (Å²) in [7, 11) is 0. The molecule has 1 N–H and O–H groups in total. The van der Waals surface area contributed by atoms with E-state index in [-0.39, 0.29) is 33.0 Å². The van der Waals surface area contributed by atoms with Crippen LogP contribution in [0.5, 0.6) is 5.75 Å². The van der Waals surface area contributed by atoms with E-state index < -0.39 is 24.3 Å². The summed E-state index contributed by atoms with van der Waals surface area (Å²) in [5, 5.41) is 12.9. The summed E-state index contributed by atoms with van der Waals surface area (Å²) in [6.45, 7) is -0.635. The number of hydrogen-bond donors (Lipinski definition) is 1. The van der Waals surface area contributed by atoms with Gasteiger partial charge in [-0.2, -0.15) is 13.2 Å². The van der Waals surface area contributed by atoms with E-state index in [0.29, 0.717) is 0 Å². The minimum atomic E-state index is -4.52. The van der Waals surface area contributed by atoms with E-state index in [4.69, 9.17) is 26.0 Å². The molecular formula is C16H9ClF3NO4. The van der Waals surface area contributed by atoms with Gasteiger partial charge in [0.15, 0.2) is 12.2 Å². The van der Waals surface area contributed by atoms with Crippen LogP contribution in [0.3, 0.4) is 0 Å². The Morgan fingerprint density at radius 3 is 2.72 bits per heavy atom. The molecule has 0 aliphatic heterocycles. The predicted molar refractivity (Wildman–Crippen MR) is 82.6 cm³/mol. The second kappa shape index (κ2) is 6.29. The molecule has 0 aliphatic carbocycles. The van der Waals surface area contributed by atoms with E-state index in [1.807, 2.05) is 0 Å². The van der Waals surface area contributed by atoms with Crippen LogP contribution in [0.15, 0.2) is 40.9 Å². The molecule has 130 valence electrons. The van der Waals surface area contributed by atoms with E-state index in [0.717, 1.165) is 12.1 Å². The Bertz CT molecular complexity index is 952. The van der Waals surface area contributed by atoms with Crippen molar-refractivity contribution in [3.63, 3.8) is 0 Å². The minimum absolute atomic E-state index is 0.0731. The van der Waals surface area contributed by atoms with Gasteiger partial charge in [-0.05, 0) is 24.3 Å². The maximum atomic E-state index is 12.9. The Kier molecular flexibility index (Phi) is 4.30. The van der Waals surface area contributed by atoms with Gasteiger partial charge in [0.1, 0.15) is 11.4 Å². The normalized spacial score (nSPS) is 11.7. The molecule has 3 aromatic rings. The molecule has 0 spiro atoms. The Balaban J connectivity index is 2.17. The first-order valence-electron chi connectivity index (χ1n) is 6.87. The second-order valence-corrected chi connectivity index (χ2v) is 5.45. The van der Waals surface area contributed by atoms with E-state index in [2.05, 4.69) is 5.16 Å². The Morgan fingerprint density at radius 2 is 2.04 bits per heavy atom. The number of fused-ring (bicyclic) bond motifs is 1. The molecule has 0 saturated carbocycles. The highest BCUT2D eigenvalue weighted by molar-refractivity contribution is 6.35. The standard InChI is InChI=1S/C16H9ClF3NO4/c17-10-4-5-11(24-7-12(22)23)13-14(21-25-15(10)13)8-2-1-3-9(6-8)16(18,19)20/h1-6H,7H2,(H,22,23). The lowest BCUT2D eigenvalue weighted by atomic mass is 10.0. The lowest BCUT2D eigenvalue weighted by Gasteiger charge is -2.09. The molecule has 1 heterocycles. The van der Waals surface area contributed by atoms with Crippen LogP contribution in [0.2, 0.25) is 5.02 Å². The van der Waals surface area contributed by atoms with Crippen molar-refractivity contribution in [2.24, 2.45) is 0 Å². The number of carbonyl (C=O) groups is 1. The van der Waals surface area contributed by atoms with Crippen molar-refractivity contribution in [2.45, 2.75) is 6.18 Å². The van der Waals surface area contributed by atoms with Crippen LogP contribution in [-0.2, 0) is 11.0 Å². The molecule has 0 unspecified atom stereocenters. The fourth-order valence-corrected chi connectivity index (χ4v) is 2.48. The molecule has 0 aliphatic rings. The molecule has 0 fully saturated rings. The molecular weight excluding hydrogens is 363 g/mol. The van der Waals surface area contributed by atoms with Crippen molar-refractivity contribution in [1.82, 2.24) is 5.16 Å². The maximum absolute atomic E-state index is 12.9. The molecule has 0 saturated heterocycles. The number of aliphatic carboxylic acids is 1. The third kappa shape index (κ3) is 3.39. The number of ether oxygens (including phenoxy) is 1. The van der Waals surface area contributed by atoms with Gasteiger partial charge in [0, 0.05) is 5.56 Å². The maximum Gasteiger partial charge on any atom is 0.416 e. The number of nitrogens with zero attached hydrogens (tertiary/aromatic N) is 1. The van der Waals surface area contributed by atoms with Gasteiger partial charge in [-0.1, -0.05) is 28.9 Å². The highest BCUT2D eigenvalue weighted by Crippen LogP contribution is 2.40. The molecule has 0 amide bonds. The van der Waals surface area contributed by atoms with Gasteiger partial charge in [-0.3, -0.25) is 0 Å². The highest BCUT2D eigenvalue weighted by Gasteiger charge is 2.31. The summed E-state index contributed by atoms with van der Waals surface area (Å²) >= 11 is 6.01. The number of hydrogen-bond acceptors (Lipinski definition) is 4. The highest BCUT2D eigenvalue weighted by atomic mass is 35.5. The van der Waals surface area contributed by atoms with Gasteiger partial charge in [0.05, 0.1) is 16.0 Å². The first-order chi connectivity index (χ1) is 11.8. The van der Waals surface area contributed by atoms with Crippen LogP contribution in [0.25, 0.3) is 22.2 Å². The Morgan fingerprint density at radius 1 is 1.28 bits per heavy atom. The fourth-order valence-electron chi connectivity index (χ4n) is 2.29. The van der Waals surface area contributed by atoms with E-state index in [9.17, 15) is 18.0 Å². The molecule has 0 bridgehead atoms. The van der Waals surface area contributed by atoms with Crippen LogP contribution < -0.4 is 4.74 Å². The van der Waals surface area contributed by atoms with Gasteiger partial charge < -0.3 is 14.4 Å². The van der Waals surface area contributed by atoms with Crippen molar-refractivity contribution < 1.29 is 32.3 Å². The van der Waals surface area contributed by atoms with Crippen molar-refractivity contribution >= 4 is 28.5 Å². The topological polar surface area (TPSA) is 72.6 Å². The van der Waals surface area contributed by atoms with Gasteiger partial charge in [-0.25, -0.2) is 4.79 Å². The predicted octanol–water partition coefficient (Wildman–Crippen LogP) is 4.63. The van der Waals surface area contributed by atoms with Gasteiger partial charge >= 0.3 is 12.1 Å². The average Bonchev–Trinajstić information content (AvgIpc) is 2.99. The van der Waals surface area contributed by atoms with Crippen LogP contribution in [0.1, 0.15) is 5.56 Å². The summed E-state index contributed by atoms with van der Waals surface area (Å²) in [5.74, 6) is -1.12. The minimum Gasteiger partial charge on any atom is -0.481 e. The Labute approximate surface area is 143 Å². The summed E-state index contributed by atoms with van der Waals surface area (Å²) in [4.78, 5) is 10.7. The number of carboxylic acids is 1. The summed E-state index contributed by atoms with van der Waals surface area (Å²) in [6, 6.07) is 7.33. The lowest BCUT2D eigenvalue weighted by molar-refractivity contribution is -0.139. The van der Waals surface area contributed by atoms with E-state index in [1.165, 1.54) is 24.3 Å². The molecule has 2 aromatic carbocycles. The molecule has 5 nitrogen and oxygen atoms in total. The molecule has 1 aromatic heterocycles. The van der Waals surface area contributed by atoms with Gasteiger partial charge in [0.25, 0.3) is 0 Å². The summed E-state index contributed by atoms with van der Waals surface area (Å²) < 4.78 is 49.1. The smallest absolute Gasteiger partial charge is 0.416 e. The quantitative estimate of drug-likeness (QED) is 0.724. The summed E-state index contributed by atoms with van der Waals surface area (Å²) in [6.07, 6.45) is -4.52. The third-order valence-electron chi connectivity index (χ3n) is 3.35. The second-order valence-electron chi connectivity index (χ2n) is 5.04. The molecule has 9 heteroatoms. The largest absolute Gasteiger partial charge is 0.481 e. The zero-order chi connectivity index (χ0) is 18.2. The number of aromatic nitrogens is 1. The van der Waals surface area contributed by atoms with E-state index in [1.54, 1.807) is 0 Å². The van der Waals surface area contributed by atoms with Crippen molar-refractivity contribution in [1.29, 1.82) is 0 Å². The van der Waals surface area contributed by atoms with E-state index >= 15 is 0 Å². The number of alkyl halides is 3. The van der Waals surface area contributed by atoms with Gasteiger partial charge in [0.2, 0.25) is 0 Å². The SMILES string of the molecule is O=C(O)COc1ccc(Cl)c2onc(-c3cccc(C(F)(F)F)c3)c12. The average molecular weight is 372 g/mol. The monoisotopic (exact) mass is 371 g/mol. The first-order valence-corrected chi connectivity index (χ1v) is 7.25. The number of halogens is 4. The molecule has 3 rings (SSSR count). The Hall–Kier alpha value is -2.74. The van der Waals surface area contributed by atoms with Crippen LogP contribution in [0, 0.1) is 0 Å². The summed E-state index contributed by atoms with van der Waals surface area (Å²) in [5.41, 5.74) is -0.548. The first kappa shape index (κ1) is 17.1. The zero-order valence-corrected chi connectivity index (χ0v) is 13.1. The number of carboxylic acid groups (broad SMARTS) is 1. The molecule has 25 heavy (non-hydrogen) atoms. The molecule has 0 radical (unpaired) electrons. The lowest BCUT2D eigenvalue weighted by Crippen LogP contribution is -2.09. The zero-order valence-electron chi connectivity index (χ0n) is 12.3. The van der Waals surface area contributed by atoms with Crippen molar-refractivity contribution in [3.05, 3.63) is 47.0 Å². The van der Waals surface area contributed by atoms with Crippen molar-refractivity contribution in [2.75, 3.05) is 6.61 Å².